The molecule has 41 heavy (non-hydrogen) atoms. The smallest absolute Gasteiger partial charge is 0.335 e. The molecule has 4 aromatic rings. The van der Waals surface area contributed by atoms with E-state index in [0.717, 1.165) is 5.56 Å². The minimum atomic E-state index is -1.24. The van der Waals surface area contributed by atoms with E-state index < -0.39 is 29.6 Å². The number of benzene rings is 2. The number of nitrogens with zero attached hydrogens (tertiary/aromatic N) is 4. The van der Waals surface area contributed by atoms with E-state index in [9.17, 15) is 24.9 Å². The molecule has 1 amide bonds. The van der Waals surface area contributed by atoms with E-state index in [0.29, 0.717) is 40.5 Å². The van der Waals surface area contributed by atoms with Crippen molar-refractivity contribution < 1.29 is 24.9 Å². The minimum absolute atomic E-state index is 0.105. The Morgan fingerprint density at radius 3 is 2.71 bits per heavy atom. The normalized spacial score (nSPS) is 24.3. The SMILES string of the molecule is CNC(=O)[C@@]12C[C@H]1[C@@H](n1cnc3c(NCc4cccc(Cl)c4)nc(C#Cc4cccc(C(=O)O)c4)nc31)[C@H](O)[C@@H]2O. The monoisotopic (exact) mass is 572 g/mol. The molecule has 2 heterocycles. The third-order valence-electron chi connectivity index (χ3n) is 7.84. The molecule has 2 saturated carbocycles. The van der Waals surface area contributed by atoms with E-state index in [4.69, 9.17) is 11.6 Å². The Morgan fingerprint density at radius 1 is 1.15 bits per heavy atom. The van der Waals surface area contributed by atoms with Crippen molar-refractivity contribution >= 4 is 40.5 Å². The minimum Gasteiger partial charge on any atom is -0.478 e. The first-order valence-electron chi connectivity index (χ1n) is 12.9. The fraction of sp³-hybridized carbons (Fsp3) is 0.276. The van der Waals surface area contributed by atoms with Gasteiger partial charge in [-0.25, -0.2) is 19.7 Å². The number of aromatic carboxylic acids is 1. The zero-order chi connectivity index (χ0) is 28.9. The molecule has 0 bridgehead atoms. The highest BCUT2D eigenvalue weighted by molar-refractivity contribution is 6.30. The summed E-state index contributed by atoms with van der Waals surface area (Å²) >= 11 is 6.14. The van der Waals surface area contributed by atoms with Crippen LogP contribution in [0.5, 0.6) is 0 Å². The summed E-state index contributed by atoms with van der Waals surface area (Å²) in [6, 6.07) is 12.9. The molecular formula is C29H25ClN6O5. The van der Waals surface area contributed by atoms with Crippen LogP contribution in [0.2, 0.25) is 5.02 Å². The van der Waals surface area contributed by atoms with Crippen LogP contribution in [0.15, 0.2) is 54.9 Å². The Bertz CT molecular complexity index is 1760. The number of aliphatic hydroxyl groups excluding tert-OH is 2. The summed E-state index contributed by atoms with van der Waals surface area (Å²) in [5.41, 5.74) is 1.21. The first kappa shape index (κ1) is 26.7. The summed E-state index contributed by atoms with van der Waals surface area (Å²) in [5, 5.41) is 37.6. The zero-order valence-corrected chi connectivity index (χ0v) is 22.5. The van der Waals surface area contributed by atoms with Crippen LogP contribution in [-0.2, 0) is 11.3 Å². The van der Waals surface area contributed by atoms with Crippen molar-refractivity contribution in [1.29, 1.82) is 0 Å². The van der Waals surface area contributed by atoms with Crippen molar-refractivity contribution in [1.82, 2.24) is 24.8 Å². The summed E-state index contributed by atoms with van der Waals surface area (Å²) in [6.45, 7) is 0.375. The molecule has 0 saturated heterocycles. The van der Waals surface area contributed by atoms with E-state index in [-0.39, 0.29) is 23.2 Å². The number of carboxylic acid groups (broad SMARTS) is 1. The van der Waals surface area contributed by atoms with Crippen molar-refractivity contribution in [3.63, 3.8) is 0 Å². The van der Waals surface area contributed by atoms with Gasteiger partial charge in [-0.2, -0.15) is 0 Å². The second kappa shape index (κ2) is 10.2. The van der Waals surface area contributed by atoms with E-state index in [1.165, 1.54) is 25.5 Å². The molecule has 0 unspecified atom stereocenters. The average Bonchev–Trinajstić information content (AvgIpc) is 3.51. The number of nitrogens with one attached hydrogen (secondary N) is 2. The predicted molar refractivity (Wildman–Crippen MR) is 149 cm³/mol. The van der Waals surface area contributed by atoms with Gasteiger partial charge in [0.2, 0.25) is 11.7 Å². The molecule has 2 fully saturated rings. The lowest BCUT2D eigenvalue weighted by molar-refractivity contribution is -0.132. The lowest BCUT2D eigenvalue weighted by atomic mass is 9.98. The second-order valence-corrected chi connectivity index (χ2v) is 10.6. The summed E-state index contributed by atoms with van der Waals surface area (Å²) in [7, 11) is 1.51. The van der Waals surface area contributed by atoms with Gasteiger partial charge < -0.3 is 30.5 Å². The van der Waals surface area contributed by atoms with Gasteiger partial charge in [0.15, 0.2) is 17.0 Å². The molecule has 5 N–H and O–H groups in total. The number of hydrogen-bond donors (Lipinski definition) is 5. The van der Waals surface area contributed by atoms with Gasteiger partial charge in [0, 0.05) is 30.1 Å². The standard InChI is InChI=1S/C29H25ClN6O5/c1-31-28(41)29-12-19(29)22(23(37)24(29)38)36-14-33-21-25(32-13-16-5-3-7-18(30)11-16)34-20(35-26(21)36)9-8-15-4-2-6-17(10-15)27(39)40/h2-7,10-11,14,19,22-24,37-38H,12-13H2,1H3,(H,31,41)(H,39,40)(H,32,34,35)/t19-,22+,23-,24-,29-/m0/s1. The number of hydrogen-bond acceptors (Lipinski definition) is 8. The van der Waals surface area contributed by atoms with E-state index >= 15 is 0 Å². The van der Waals surface area contributed by atoms with Crippen LogP contribution in [0.1, 0.15) is 39.8 Å². The maximum absolute atomic E-state index is 12.6. The zero-order valence-electron chi connectivity index (χ0n) is 21.7. The molecule has 11 nitrogen and oxygen atoms in total. The number of rotatable bonds is 6. The van der Waals surface area contributed by atoms with Gasteiger partial charge in [0.1, 0.15) is 6.10 Å². The lowest BCUT2D eigenvalue weighted by Crippen LogP contribution is -2.41. The highest BCUT2D eigenvalue weighted by Crippen LogP contribution is 2.67. The van der Waals surface area contributed by atoms with Crippen LogP contribution in [0.3, 0.4) is 0 Å². The highest BCUT2D eigenvalue weighted by Gasteiger charge is 2.75. The van der Waals surface area contributed by atoms with Crippen molar-refractivity contribution in [2.24, 2.45) is 11.3 Å². The number of aromatic nitrogens is 4. The maximum Gasteiger partial charge on any atom is 0.335 e. The summed E-state index contributed by atoms with van der Waals surface area (Å²) in [4.78, 5) is 37.7. The van der Waals surface area contributed by atoms with Crippen molar-refractivity contribution in [3.8, 4) is 11.8 Å². The summed E-state index contributed by atoms with van der Waals surface area (Å²) in [6.07, 6.45) is -0.504. The maximum atomic E-state index is 12.6. The van der Waals surface area contributed by atoms with E-state index in [1.54, 1.807) is 22.8 Å². The number of carbonyl (C=O) groups excluding carboxylic acids is 1. The molecule has 2 aliphatic rings. The summed E-state index contributed by atoms with van der Waals surface area (Å²) in [5.74, 6) is 4.66. The number of anilines is 1. The van der Waals surface area contributed by atoms with Crippen molar-refractivity contribution in [3.05, 3.63) is 82.4 Å². The Kier molecular flexibility index (Phi) is 6.62. The number of imidazole rings is 1. The van der Waals surface area contributed by atoms with Gasteiger partial charge in [-0.3, -0.25) is 4.79 Å². The fourth-order valence-electron chi connectivity index (χ4n) is 5.79. The number of halogens is 1. The number of carbonyl (C=O) groups is 2. The van der Waals surface area contributed by atoms with Gasteiger partial charge in [-0.1, -0.05) is 35.7 Å². The molecular weight excluding hydrogens is 548 g/mol. The number of aliphatic hydroxyl groups is 2. The van der Waals surface area contributed by atoms with Crippen LogP contribution in [-0.4, -0.2) is 66.0 Å². The van der Waals surface area contributed by atoms with Crippen LogP contribution >= 0.6 is 11.6 Å². The fourth-order valence-corrected chi connectivity index (χ4v) is 6.00. The molecule has 0 aliphatic heterocycles. The Hall–Kier alpha value is -4.50. The molecule has 0 radical (unpaired) electrons. The van der Waals surface area contributed by atoms with Crippen LogP contribution in [0.25, 0.3) is 11.2 Å². The Morgan fingerprint density at radius 2 is 1.95 bits per heavy atom. The first-order valence-corrected chi connectivity index (χ1v) is 13.3. The van der Waals surface area contributed by atoms with Gasteiger partial charge >= 0.3 is 5.97 Å². The van der Waals surface area contributed by atoms with E-state index in [1.807, 2.05) is 18.2 Å². The molecule has 208 valence electrons. The molecule has 0 spiro atoms. The molecule has 2 aromatic carbocycles. The molecule has 2 aromatic heterocycles. The number of fused-ring (bicyclic) bond motifs is 2. The average molecular weight is 573 g/mol. The van der Waals surface area contributed by atoms with E-state index in [2.05, 4.69) is 37.4 Å². The van der Waals surface area contributed by atoms with Crippen molar-refractivity contribution in [2.45, 2.75) is 31.2 Å². The lowest BCUT2D eigenvalue weighted by Gasteiger charge is -2.23. The molecule has 12 heteroatoms. The highest BCUT2D eigenvalue weighted by atomic mass is 35.5. The second-order valence-electron chi connectivity index (χ2n) is 10.2. The summed E-state index contributed by atoms with van der Waals surface area (Å²) < 4.78 is 1.67. The topological polar surface area (TPSA) is 162 Å². The van der Waals surface area contributed by atoms with Gasteiger partial charge in [0.05, 0.1) is 29.5 Å². The number of amides is 1. The van der Waals surface area contributed by atoms with Crippen molar-refractivity contribution in [2.75, 3.05) is 12.4 Å². The van der Waals surface area contributed by atoms with Crippen LogP contribution in [0.4, 0.5) is 5.82 Å². The van der Waals surface area contributed by atoms with Gasteiger partial charge in [-0.05, 0) is 48.2 Å². The third kappa shape index (κ3) is 4.56. The van der Waals surface area contributed by atoms with Crippen LogP contribution < -0.4 is 10.6 Å². The molecule has 5 atom stereocenters. The Labute approximate surface area is 239 Å². The van der Waals surface area contributed by atoms with Gasteiger partial charge in [0.25, 0.3) is 0 Å². The quantitative estimate of drug-likeness (QED) is 0.218. The van der Waals surface area contributed by atoms with Crippen LogP contribution in [0, 0.1) is 23.2 Å². The Balaban J connectivity index is 1.42. The third-order valence-corrected chi connectivity index (χ3v) is 8.08. The van der Waals surface area contributed by atoms with Gasteiger partial charge in [-0.15, -0.1) is 0 Å². The molecule has 6 rings (SSSR count). The number of carboxylic acids is 1. The molecule has 2 aliphatic carbocycles. The largest absolute Gasteiger partial charge is 0.478 e. The predicted octanol–water partition coefficient (Wildman–Crippen LogP) is 2.22. The first-order chi connectivity index (χ1) is 19.7.